The summed E-state index contributed by atoms with van der Waals surface area (Å²) in [6.45, 7) is 2.45. The van der Waals surface area contributed by atoms with Gasteiger partial charge in [-0.05, 0) is 43.3 Å². The maximum Gasteiger partial charge on any atom is 0.271 e. The Morgan fingerprint density at radius 2 is 1.89 bits per heavy atom. The van der Waals surface area contributed by atoms with Gasteiger partial charge in [0.05, 0.1) is 17.2 Å². The van der Waals surface area contributed by atoms with Crippen molar-refractivity contribution < 1.29 is 18.3 Å². The molecule has 0 spiro atoms. The van der Waals surface area contributed by atoms with E-state index < -0.39 is 15.7 Å². The molecule has 2 N–H and O–H groups in total. The van der Waals surface area contributed by atoms with Crippen LogP contribution in [0.2, 0.25) is 5.02 Å². The zero-order valence-electron chi connectivity index (χ0n) is 15.2. The predicted octanol–water partition coefficient (Wildman–Crippen LogP) is 2.43. The number of amides is 1. The maximum atomic E-state index is 12.4. The number of hydrogen-bond donors (Lipinski definition) is 2. The Hall–Kier alpha value is -2.58. The lowest BCUT2D eigenvalue weighted by Crippen LogP contribution is -2.40. The molecule has 9 heteroatoms. The van der Waals surface area contributed by atoms with Crippen LogP contribution < -0.4 is 10.3 Å². The molecule has 0 aromatic heterocycles. The molecule has 1 heterocycles. The summed E-state index contributed by atoms with van der Waals surface area (Å²) in [6.07, 6.45) is 0. The lowest BCUT2D eigenvalue weighted by atomic mass is 10.1. The maximum absolute atomic E-state index is 12.4. The third kappa shape index (κ3) is 4.82. The van der Waals surface area contributed by atoms with Crippen molar-refractivity contribution in [3.63, 3.8) is 0 Å². The smallest absolute Gasteiger partial charge is 0.271 e. The van der Waals surface area contributed by atoms with Crippen LogP contribution in [0.5, 0.6) is 5.75 Å². The molecule has 148 valence electrons. The Balaban J connectivity index is 1.72. The first-order valence-corrected chi connectivity index (χ1v) is 10.8. The van der Waals surface area contributed by atoms with Crippen LogP contribution in [0.1, 0.15) is 22.8 Å². The number of nitrogens with zero attached hydrogens (tertiary/aromatic N) is 2. The van der Waals surface area contributed by atoms with E-state index in [9.17, 15) is 18.3 Å². The minimum Gasteiger partial charge on any atom is -0.507 e. The molecule has 0 unspecified atom stereocenters. The fourth-order valence-corrected chi connectivity index (χ4v) is 4.25. The topological polar surface area (TPSA) is 99.1 Å². The molecule has 1 fully saturated rings. The van der Waals surface area contributed by atoms with E-state index in [0.29, 0.717) is 35.0 Å². The highest BCUT2D eigenvalue weighted by Gasteiger charge is 2.22. The van der Waals surface area contributed by atoms with E-state index in [-0.39, 0.29) is 17.3 Å². The predicted molar refractivity (Wildman–Crippen MR) is 110 cm³/mol. The number of sulfone groups is 1. The van der Waals surface area contributed by atoms with Crippen LogP contribution in [0.3, 0.4) is 0 Å². The standard InChI is InChI=1S/C19H20ClN3O4S/c1-13(17-12-15(20)5-6-18(17)24)21-22-19(25)14-3-2-4-16(11-14)23-7-9-28(26,27)10-8-23/h2-6,11-12,24H,7-10H2,1H3,(H,22,25)/b21-13-. The Morgan fingerprint density at radius 1 is 1.18 bits per heavy atom. The van der Waals surface area contributed by atoms with Crippen molar-refractivity contribution in [1.82, 2.24) is 5.43 Å². The molecule has 1 amide bonds. The molecule has 0 aliphatic carbocycles. The van der Waals surface area contributed by atoms with Crippen molar-refractivity contribution in [2.45, 2.75) is 6.92 Å². The number of hydrogen-bond acceptors (Lipinski definition) is 6. The molecule has 0 bridgehead atoms. The zero-order chi connectivity index (χ0) is 20.3. The number of aromatic hydroxyl groups is 1. The normalized spacial score (nSPS) is 16.6. The molecular weight excluding hydrogens is 402 g/mol. The molecule has 2 aromatic carbocycles. The second kappa shape index (κ2) is 8.20. The molecule has 0 atom stereocenters. The van der Waals surface area contributed by atoms with Gasteiger partial charge in [0.1, 0.15) is 5.75 Å². The lowest BCUT2D eigenvalue weighted by molar-refractivity contribution is 0.0955. The van der Waals surface area contributed by atoms with Gasteiger partial charge in [-0.1, -0.05) is 17.7 Å². The number of halogens is 1. The largest absolute Gasteiger partial charge is 0.507 e. The molecule has 1 aliphatic rings. The van der Waals surface area contributed by atoms with E-state index in [0.717, 1.165) is 5.69 Å². The molecule has 3 rings (SSSR count). The van der Waals surface area contributed by atoms with E-state index in [4.69, 9.17) is 11.6 Å². The Labute approximate surface area is 168 Å². The third-order valence-corrected chi connectivity index (χ3v) is 6.34. The van der Waals surface area contributed by atoms with Crippen LogP contribution in [0.15, 0.2) is 47.6 Å². The van der Waals surface area contributed by atoms with E-state index in [1.807, 2.05) is 11.0 Å². The second-order valence-electron chi connectivity index (χ2n) is 6.49. The van der Waals surface area contributed by atoms with Gasteiger partial charge in [-0.15, -0.1) is 0 Å². The van der Waals surface area contributed by atoms with E-state index in [2.05, 4.69) is 10.5 Å². The Morgan fingerprint density at radius 3 is 2.61 bits per heavy atom. The molecular formula is C19H20ClN3O4S. The average molecular weight is 422 g/mol. The summed E-state index contributed by atoms with van der Waals surface area (Å²) in [6, 6.07) is 11.5. The molecule has 7 nitrogen and oxygen atoms in total. The van der Waals surface area contributed by atoms with E-state index in [1.54, 1.807) is 37.3 Å². The molecule has 0 radical (unpaired) electrons. The number of carbonyl (C=O) groups excluding carboxylic acids is 1. The van der Waals surface area contributed by atoms with Crippen LogP contribution in [0, 0.1) is 0 Å². The average Bonchev–Trinajstić information content (AvgIpc) is 2.67. The van der Waals surface area contributed by atoms with Crippen LogP contribution in [-0.2, 0) is 9.84 Å². The molecule has 1 saturated heterocycles. The van der Waals surface area contributed by atoms with Crippen LogP contribution in [0.4, 0.5) is 5.69 Å². The monoisotopic (exact) mass is 421 g/mol. The number of hydrazone groups is 1. The van der Waals surface area contributed by atoms with Crippen molar-refractivity contribution in [2.24, 2.45) is 5.10 Å². The number of anilines is 1. The van der Waals surface area contributed by atoms with Gasteiger partial charge in [0.25, 0.3) is 5.91 Å². The third-order valence-electron chi connectivity index (χ3n) is 4.49. The van der Waals surface area contributed by atoms with Crippen LogP contribution in [0.25, 0.3) is 0 Å². The number of benzene rings is 2. The summed E-state index contributed by atoms with van der Waals surface area (Å²) in [5.74, 6) is -0.180. The molecule has 2 aromatic rings. The van der Waals surface area contributed by atoms with Gasteiger partial charge in [0, 0.05) is 34.9 Å². The second-order valence-corrected chi connectivity index (χ2v) is 9.23. The van der Waals surface area contributed by atoms with Gasteiger partial charge < -0.3 is 10.0 Å². The minimum atomic E-state index is -2.97. The Bertz CT molecular complexity index is 1020. The van der Waals surface area contributed by atoms with Gasteiger partial charge in [-0.2, -0.15) is 5.10 Å². The number of carbonyl (C=O) groups is 1. The van der Waals surface area contributed by atoms with Crippen molar-refractivity contribution >= 4 is 38.7 Å². The fourth-order valence-electron chi connectivity index (χ4n) is 2.87. The van der Waals surface area contributed by atoms with Gasteiger partial charge in [0.15, 0.2) is 9.84 Å². The first-order chi connectivity index (χ1) is 13.2. The summed E-state index contributed by atoms with van der Waals surface area (Å²) < 4.78 is 23.2. The number of phenols is 1. The van der Waals surface area contributed by atoms with Gasteiger partial charge in [0.2, 0.25) is 0 Å². The van der Waals surface area contributed by atoms with Crippen molar-refractivity contribution in [2.75, 3.05) is 29.5 Å². The molecule has 0 saturated carbocycles. The number of phenolic OH excluding ortho intramolecular Hbond substituents is 1. The van der Waals surface area contributed by atoms with Crippen LogP contribution >= 0.6 is 11.6 Å². The fraction of sp³-hybridized carbons (Fsp3) is 0.263. The zero-order valence-corrected chi connectivity index (χ0v) is 16.8. The van der Waals surface area contributed by atoms with E-state index >= 15 is 0 Å². The van der Waals surface area contributed by atoms with Crippen molar-refractivity contribution in [3.05, 3.63) is 58.6 Å². The van der Waals surface area contributed by atoms with Crippen LogP contribution in [-0.4, -0.2) is 49.7 Å². The summed E-state index contributed by atoms with van der Waals surface area (Å²) in [7, 11) is -2.97. The van der Waals surface area contributed by atoms with Crippen molar-refractivity contribution in [3.8, 4) is 5.75 Å². The highest BCUT2D eigenvalue weighted by Crippen LogP contribution is 2.22. The first-order valence-electron chi connectivity index (χ1n) is 8.64. The SMILES string of the molecule is C/C(=N/NC(=O)c1cccc(N2CCS(=O)(=O)CC2)c1)c1cc(Cl)ccc1O. The first kappa shape index (κ1) is 20.2. The van der Waals surface area contributed by atoms with Gasteiger partial charge in [-0.3, -0.25) is 4.79 Å². The quantitative estimate of drug-likeness (QED) is 0.583. The van der Waals surface area contributed by atoms with Gasteiger partial charge >= 0.3 is 0 Å². The van der Waals surface area contributed by atoms with Crippen molar-refractivity contribution in [1.29, 1.82) is 0 Å². The van der Waals surface area contributed by atoms with Gasteiger partial charge in [-0.25, -0.2) is 13.8 Å². The van der Waals surface area contributed by atoms with E-state index in [1.165, 1.54) is 6.07 Å². The molecule has 1 aliphatic heterocycles. The summed E-state index contributed by atoms with van der Waals surface area (Å²) >= 11 is 5.93. The highest BCUT2D eigenvalue weighted by atomic mass is 35.5. The summed E-state index contributed by atoms with van der Waals surface area (Å²) in [5.41, 5.74) is 4.49. The highest BCUT2D eigenvalue weighted by molar-refractivity contribution is 7.91. The number of rotatable bonds is 4. The number of nitrogens with one attached hydrogen (secondary N) is 1. The summed E-state index contributed by atoms with van der Waals surface area (Å²) in [5, 5.41) is 14.4. The minimum absolute atomic E-state index is 0.0157. The Kier molecular flexibility index (Phi) is 5.90. The summed E-state index contributed by atoms with van der Waals surface area (Å²) in [4.78, 5) is 14.4. The molecule has 28 heavy (non-hydrogen) atoms. The lowest BCUT2D eigenvalue weighted by Gasteiger charge is -2.28.